The zero-order valence-electron chi connectivity index (χ0n) is 15.8. The van der Waals surface area contributed by atoms with Gasteiger partial charge in [-0.3, -0.25) is 14.2 Å². The number of hydrogen-bond donors (Lipinski definition) is 2. The number of nitrogens with two attached hydrogens (primary N) is 1. The molecule has 6 nitrogen and oxygen atoms in total. The molecule has 0 spiro atoms. The highest BCUT2D eigenvalue weighted by molar-refractivity contribution is 7.17. The van der Waals surface area contributed by atoms with Gasteiger partial charge in [0.25, 0.3) is 5.56 Å². The first-order valence-corrected chi connectivity index (χ1v) is 9.98. The van der Waals surface area contributed by atoms with E-state index < -0.39 is 0 Å². The van der Waals surface area contributed by atoms with E-state index in [0.29, 0.717) is 25.0 Å². The predicted molar refractivity (Wildman–Crippen MR) is 117 cm³/mol. The zero-order chi connectivity index (χ0) is 19.2. The molecule has 1 amide bonds. The van der Waals surface area contributed by atoms with Gasteiger partial charge in [0.1, 0.15) is 4.83 Å². The van der Waals surface area contributed by atoms with Gasteiger partial charge in [0, 0.05) is 30.5 Å². The Kier molecular flexibility index (Phi) is 8.17. The number of carbonyl (C=O) groups excluding carboxylic acids is 1. The second kappa shape index (κ2) is 10.4. The highest BCUT2D eigenvalue weighted by Crippen LogP contribution is 2.30. The summed E-state index contributed by atoms with van der Waals surface area (Å²) in [6.45, 7) is 3.59. The Bertz CT molecular complexity index is 982. The first-order chi connectivity index (χ1) is 13.1. The van der Waals surface area contributed by atoms with Crippen LogP contribution in [0.4, 0.5) is 0 Å². The summed E-state index contributed by atoms with van der Waals surface area (Å²) < 4.78 is 1.52. The molecule has 2 heterocycles. The molecule has 0 aliphatic heterocycles. The highest BCUT2D eigenvalue weighted by atomic mass is 35.5. The number of aromatic nitrogens is 2. The van der Waals surface area contributed by atoms with Gasteiger partial charge in [0.15, 0.2) is 0 Å². The highest BCUT2D eigenvalue weighted by Gasteiger charge is 2.13. The van der Waals surface area contributed by atoms with Crippen LogP contribution in [0.1, 0.15) is 24.8 Å². The van der Waals surface area contributed by atoms with Gasteiger partial charge in [-0.1, -0.05) is 29.8 Å². The lowest BCUT2D eigenvalue weighted by Crippen LogP contribution is -2.28. The standard InChI is InChI=1S/C20H24N4O2S.ClH/c1-14-4-6-15(7-5-14)16-12-27-19-18(16)20(26)24(13-23-19)11-8-17(25)22-10-3-2-9-21;/h4-7,12-13H,2-3,8-11,21H2,1H3,(H,22,25);1H. The van der Waals surface area contributed by atoms with E-state index in [1.165, 1.54) is 27.8 Å². The number of unbranched alkanes of at least 4 members (excludes halogenated alkanes) is 1. The van der Waals surface area contributed by atoms with Gasteiger partial charge in [-0.05, 0) is 31.9 Å². The fraction of sp³-hybridized carbons (Fsp3) is 0.350. The molecule has 0 saturated carbocycles. The van der Waals surface area contributed by atoms with E-state index in [-0.39, 0.29) is 30.3 Å². The largest absolute Gasteiger partial charge is 0.356 e. The van der Waals surface area contributed by atoms with Crippen molar-refractivity contribution in [3.63, 3.8) is 0 Å². The van der Waals surface area contributed by atoms with Crippen LogP contribution in [0, 0.1) is 6.92 Å². The lowest BCUT2D eigenvalue weighted by Gasteiger charge is -2.07. The monoisotopic (exact) mass is 420 g/mol. The van der Waals surface area contributed by atoms with E-state index in [0.717, 1.165) is 28.8 Å². The van der Waals surface area contributed by atoms with Crippen molar-refractivity contribution >= 4 is 39.9 Å². The summed E-state index contributed by atoms with van der Waals surface area (Å²) in [7, 11) is 0. The minimum absolute atomic E-state index is 0. The third-order valence-corrected chi connectivity index (χ3v) is 5.34. The van der Waals surface area contributed by atoms with Gasteiger partial charge in [0.2, 0.25) is 5.91 Å². The van der Waals surface area contributed by atoms with E-state index in [2.05, 4.69) is 10.3 Å². The van der Waals surface area contributed by atoms with Crippen molar-refractivity contribution in [2.75, 3.05) is 13.1 Å². The molecule has 0 atom stereocenters. The van der Waals surface area contributed by atoms with Crippen molar-refractivity contribution in [3.05, 3.63) is 51.9 Å². The Hall–Kier alpha value is -2.22. The number of amides is 1. The number of aryl methyl sites for hydroxylation is 2. The summed E-state index contributed by atoms with van der Waals surface area (Å²) in [4.78, 5) is 30.0. The van der Waals surface area contributed by atoms with Crippen molar-refractivity contribution in [1.29, 1.82) is 0 Å². The maximum Gasteiger partial charge on any atom is 0.262 e. The van der Waals surface area contributed by atoms with E-state index in [1.807, 2.05) is 36.6 Å². The third-order valence-electron chi connectivity index (χ3n) is 4.46. The lowest BCUT2D eigenvalue weighted by molar-refractivity contribution is -0.121. The SMILES string of the molecule is Cc1ccc(-c2csc3ncn(CCC(=O)NCCCCN)c(=O)c23)cc1.Cl. The van der Waals surface area contributed by atoms with Crippen LogP contribution in [-0.2, 0) is 11.3 Å². The molecule has 0 saturated heterocycles. The average Bonchev–Trinajstić information content (AvgIpc) is 3.10. The number of fused-ring (bicyclic) bond motifs is 1. The Balaban J connectivity index is 0.00000280. The number of halogens is 1. The maximum absolute atomic E-state index is 12.9. The number of carbonyl (C=O) groups is 1. The fourth-order valence-corrected chi connectivity index (χ4v) is 3.79. The van der Waals surface area contributed by atoms with Crippen molar-refractivity contribution in [1.82, 2.24) is 14.9 Å². The third kappa shape index (κ3) is 5.19. The Morgan fingerprint density at radius 2 is 2.00 bits per heavy atom. The van der Waals surface area contributed by atoms with Crippen LogP contribution in [0.2, 0.25) is 0 Å². The van der Waals surface area contributed by atoms with Crippen molar-refractivity contribution < 1.29 is 4.79 Å². The van der Waals surface area contributed by atoms with Crippen LogP contribution in [0.3, 0.4) is 0 Å². The molecule has 3 rings (SSSR count). The number of nitrogens with one attached hydrogen (secondary N) is 1. The number of hydrogen-bond acceptors (Lipinski definition) is 5. The van der Waals surface area contributed by atoms with E-state index in [9.17, 15) is 9.59 Å². The molecule has 150 valence electrons. The Morgan fingerprint density at radius 1 is 1.25 bits per heavy atom. The van der Waals surface area contributed by atoms with Gasteiger partial charge in [0.05, 0.1) is 11.7 Å². The van der Waals surface area contributed by atoms with Crippen molar-refractivity contribution in [2.45, 2.75) is 32.7 Å². The Labute approximate surface area is 174 Å². The van der Waals surface area contributed by atoms with Gasteiger partial charge in [-0.25, -0.2) is 4.98 Å². The molecule has 0 fully saturated rings. The summed E-state index contributed by atoms with van der Waals surface area (Å²) >= 11 is 1.46. The van der Waals surface area contributed by atoms with Gasteiger partial charge in [-0.15, -0.1) is 23.7 Å². The van der Waals surface area contributed by atoms with Crippen LogP contribution in [0.15, 0.2) is 40.8 Å². The minimum Gasteiger partial charge on any atom is -0.356 e. The predicted octanol–water partition coefficient (Wildman–Crippen LogP) is 3.10. The van der Waals surface area contributed by atoms with Crippen molar-refractivity contribution in [3.8, 4) is 11.1 Å². The Morgan fingerprint density at radius 3 is 2.71 bits per heavy atom. The number of nitrogens with zero attached hydrogens (tertiary/aromatic N) is 2. The molecule has 8 heteroatoms. The second-order valence-electron chi connectivity index (χ2n) is 6.53. The first kappa shape index (κ1) is 22.1. The van der Waals surface area contributed by atoms with E-state index in [4.69, 9.17) is 5.73 Å². The smallest absolute Gasteiger partial charge is 0.262 e. The molecule has 0 unspecified atom stereocenters. The quantitative estimate of drug-likeness (QED) is 0.548. The fourth-order valence-electron chi connectivity index (χ4n) is 2.88. The van der Waals surface area contributed by atoms with Crippen molar-refractivity contribution in [2.24, 2.45) is 5.73 Å². The molecule has 2 aromatic heterocycles. The number of thiophene rings is 1. The van der Waals surface area contributed by atoms with Gasteiger partial charge >= 0.3 is 0 Å². The number of rotatable bonds is 8. The van der Waals surface area contributed by atoms with Crippen LogP contribution in [-0.4, -0.2) is 28.5 Å². The summed E-state index contributed by atoms with van der Waals surface area (Å²) in [5.41, 5.74) is 8.40. The van der Waals surface area contributed by atoms with Crippen LogP contribution >= 0.6 is 23.7 Å². The minimum atomic E-state index is -0.104. The van der Waals surface area contributed by atoms with Gasteiger partial charge in [-0.2, -0.15) is 0 Å². The maximum atomic E-state index is 12.9. The molecule has 0 aliphatic carbocycles. The molecular formula is C20H25ClN4O2S. The molecule has 0 radical (unpaired) electrons. The van der Waals surface area contributed by atoms with Crippen LogP contribution in [0.25, 0.3) is 21.3 Å². The molecule has 3 N–H and O–H groups in total. The van der Waals surface area contributed by atoms with Gasteiger partial charge < -0.3 is 11.1 Å². The molecule has 0 bridgehead atoms. The van der Waals surface area contributed by atoms with Crippen LogP contribution in [0.5, 0.6) is 0 Å². The summed E-state index contributed by atoms with van der Waals surface area (Å²) in [6, 6.07) is 8.09. The molecular weight excluding hydrogens is 396 g/mol. The summed E-state index contributed by atoms with van der Waals surface area (Å²) in [6.07, 6.45) is 3.53. The zero-order valence-corrected chi connectivity index (χ0v) is 17.4. The van der Waals surface area contributed by atoms with E-state index >= 15 is 0 Å². The van der Waals surface area contributed by atoms with E-state index in [1.54, 1.807) is 0 Å². The first-order valence-electron chi connectivity index (χ1n) is 9.10. The van der Waals surface area contributed by atoms with Crippen LogP contribution < -0.4 is 16.6 Å². The average molecular weight is 421 g/mol. The normalized spacial score (nSPS) is 10.6. The summed E-state index contributed by atoms with van der Waals surface area (Å²) in [5.74, 6) is -0.0666. The molecule has 1 aromatic carbocycles. The molecule has 3 aromatic rings. The molecule has 28 heavy (non-hydrogen) atoms. The second-order valence-corrected chi connectivity index (χ2v) is 7.39. The number of benzene rings is 1. The molecule has 0 aliphatic rings. The lowest BCUT2D eigenvalue weighted by atomic mass is 10.1. The topological polar surface area (TPSA) is 90.0 Å². The summed E-state index contributed by atoms with van der Waals surface area (Å²) in [5, 5.41) is 5.44.